The number of oxazole rings is 1. The number of aryl methyl sites for hydroxylation is 2. The van der Waals surface area contributed by atoms with Crippen LogP contribution in [0.5, 0.6) is 0 Å². The van der Waals surface area contributed by atoms with Gasteiger partial charge >= 0.3 is 6.03 Å². The zero-order valence-electron chi connectivity index (χ0n) is 15.5. The van der Waals surface area contributed by atoms with Crippen LogP contribution >= 0.6 is 0 Å². The highest BCUT2D eigenvalue weighted by molar-refractivity contribution is 5.91. The molecule has 0 bridgehead atoms. The van der Waals surface area contributed by atoms with Crippen LogP contribution in [0.1, 0.15) is 54.6 Å². The number of hydrogen-bond acceptors (Lipinski definition) is 4. The number of fused-ring (bicyclic) bond motifs is 1. The van der Waals surface area contributed by atoms with Gasteiger partial charge in [-0.1, -0.05) is 0 Å². The van der Waals surface area contributed by atoms with Crippen molar-refractivity contribution in [3.05, 3.63) is 41.0 Å². The largest absolute Gasteiger partial charge is 0.440 e. The van der Waals surface area contributed by atoms with Crippen LogP contribution < -0.4 is 10.6 Å². The van der Waals surface area contributed by atoms with E-state index in [0.29, 0.717) is 11.6 Å². The van der Waals surface area contributed by atoms with E-state index in [0.717, 1.165) is 46.8 Å². The minimum atomic E-state index is -0.259. The number of rotatable bonds is 4. The number of amides is 2. The van der Waals surface area contributed by atoms with Crippen molar-refractivity contribution in [1.29, 1.82) is 0 Å². The van der Waals surface area contributed by atoms with E-state index in [-0.39, 0.29) is 12.1 Å². The highest BCUT2D eigenvalue weighted by atomic mass is 16.3. The molecule has 136 valence electrons. The van der Waals surface area contributed by atoms with Gasteiger partial charge in [-0.25, -0.2) is 9.78 Å². The molecule has 7 nitrogen and oxygen atoms in total. The molecular weight excluding hydrogens is 330 g/mol. The Hall–Kier alpha value is -2.83. The molecular formula is C19H23N5O2. The molecule has 2 amide bonds. The van der Waals surface area contributed by atoms with E-state index in [1.54, 1.807) is 0 Å². The van der Waals surface area contributed by atoms with Crippen LogP contribution in [0.4, 0.5) is 10.5 Å². The second-order valence-electron chi connectivity index (χ2n) is 7.04. The van der Waals surface area contributed by atoms with Crippen LogP contribution in [0.2, 0.25) is 0 Å². The third kappa shape index (κ3) is 3.05. The first-order chi connectivity index (χ1) is 12.4. The maximum absolute atomic E-state index is 12.4. The summed E-state index contributed by atoms with van der Waals surface area (Å²) in [7, 11) is 1.90. The van der Waals surface area contributed by atoms with Crippen LogP contribution in [0.3, 0.4) is 0 Å². The van der Waals surface area contributed by atoms with Crippen molar-refractivity contribution in [2.24, 2.45) is 7.05 Å². The lowest BCUT2D eigenvalue weighted by Gasteiger charge is -2.15. The molecule has 4 rings (SSSR count). The molecule has 0 saturated heterocycles. The summed E-state index contributed by atoms with van der Waals surface area (Å²) >= 11 is 0. The number of anilines is 1. The predicted molar refractivity (Wildman–Crippen MR) is 99.2 cm³/mol. The molecule has 1 aromatic carbocycles. The molecule has 1 fully saturated rings. The molecule has 0 aliphatic heterocycles. The topological polar surface area (TPSA) is 85.0 Å². The van der Waals surface area contributed by atoms with Crippen molar-refractivity contribution in [3.63, 3.8) is 0 Å². The van der Waals surface area contributed by atoms with Crippen molar-refractivity contribution < 1.29 is 9.21 Å². The summed E-state index contributed by atoms with van der Waals surface area (Å²) in [5, 5.41) is 10.3. The van der Waals surface area contributed by atoms with Gasteiger partial charge in [0, 0.05) is 29.9 Å². The summed E-state index contributed by atoms with van der Waals surface area (Å²) in [6.07, 6.45) is 2.29. The molecule has 1 saturated carbocycles. The Labute approximate surface area is 151 Å². The number of hydrogen-bond donors (Lipinski definition) is 2. The van der Waals surface area contributed by atoms with Gasteiger partial charge in [0.15, 0.2) is 11.5 Å². The molecule has 2 N–H and O–H groups in total. The first kappa shape index (κ1) is 16.6. The van der Waals surface area contributed by atoms with Crippen LogP contribution in [0.15, 0.2) is 22.6 Å². The number of carbonyl (C=O) groups is 1. The first-order valence-corrected chi connectivity index (χ1v) is 8.90. The Bertz CT molecular complexity index is 983. The first-order valence-electron chi connectivity index (χ1n) is 8.90. The lowest BCUT2D eigenvalue weighted by atomic mass is 10.1. The summed E-state index contributed by atoms with van der Waals surface area (Å²) in [4.78, 5) is 16.9. The Morgan fingerprint density at radius 1 is 1.35 bits per heavy atom. The normalized spacial score (nSPS) is 15.2. The lowest BCUT2D eigenvalue weighted by molar-refractivity contribution is 0.249. The van der Waals surface area contributed by atoms with Gasteiger partial charge in [0.2, 0.25) is 0 Å². The molecule has 0 radical (unpaired) electrons. The van der Waals surface area contributed by atoms with Crippen molar-refractivity contribution in [2.75, 3.05) is 5.32 Å². The third-order valence-electron chi connectivity index (χ3n) is 4.93. The van der Waals surface area contributed by atoms with Crippen LogP contribution in [-0.4, -0.2) is 20.8 Å². The number of carbonyl (C=O) groups excluding carboxylic acids is 1. The Morgan fingerprint density at radius 2 is 2.12 bits per heavy atom. The number of benzene rings is 1. The van der Waals surface area contributed by atoms with Gasteiger partial charge in [0.25, 0.3) is 0 Å². The van der Waals surface area contributed by atoms with E-state index in [1.807, 2.05) is 50.7 Å². The minimum absolute atomic E-state index is 0.138. The van der Waals surface area contributed by atoms with Gasteiger partial charge < -0.3 is 15.1 Å². The monoisotopic (exact) mass is 353 g/mol. The summed E-state index contributed by atoms with van der Waals surface area (Å²) in [5.74, 6) is 1.27. The average molecular weight is 353 g/mol. The predicted octanol–water partition coefficient (Wildman–Crippen LogP) is 3.94. The molecule has 7 heteroatoms. The van der Waals surface area contributed by atoms with Crippen molar-refractivity contribution >= 4 is 22.8 Å². The zero-order chi connectivity index (χ0) is 18.4. The fourth-order valence-electron chi connectivity index (χ4n) is 3.38. The number of nitrogens with one attached hydrogen (secondary N) is 2. The number of urea groups is 1. The molecule has 3 aromatic rings. The van der Waals surface area contributed by atoms with E-state index < -0.39 is 0 Å². The van der Waals surface area contributed by atoms with Crippen molar-refractivity contribution in [1.82, 2.24) is 20.1 Å². The second kappa shape index (κ2) is 6.16. The Kier molecular flexibility index (Phi) is 3.94. The van der Waals surface area contributed by atoms with Crippen molar-refractivity contribution in [2.45, 2.75) is 45.6 Å². The van der Waals surface area contributed by atoms with E-state index in [4.69, 9.17) is 4.42 Å². The maximum atomic E-state index is 12.4. The van der Waals surface area contributed by atoms with Crippen LogP contribution in [0, 0.1) is 13.8 Å². The highest BCUT2D eigenvalue weighted by Gasteiger charge is 2.29. The molecule has 1 aliphatic rings. The molecule has 2 aromatic heterocycles. The molecule has 2 heterocycles. The van der Waals surface area contributed by atoms with E-state index >= 15 is 0 Å². The summed E-state index contributed by atoms with van der Waals surface area (Å²) in [5.41, 5.74) is 5.24. The fraction of sp³-hybridized carbons (Fsp3) is 0.421. The second-order valence-corrected chi connectivity index (χ2v) is 7.04. The smallest absolute Gasteiger partial charge is 0.319 e. The van der Waals surface area contributed by atoms with Gasteiger partial charge in [0.1, 0.15) is 5.52 Å². The van der Waals surface area contributed by atoms with Gasteiger partial charge in [0.05, 0.1) is 11.7 Å². The van der Waals surface area contributed by atoms with E-state index in [1.165, 1.54) is 0 Å². The lowest BCUT2D eigenvalue weighted by Crippen LogP contribution is -2.31. The summed E-state index contributed by atoms with van der Waals surface area (Å²) in [6.45, 7) is 5.91. The van der Waals surface area contributed by atoms with E-state index in [2.05, 4.69) is 20.7 Å². The quantitative estimate of drug-likeness (QED) is 0.744. The molecule has 1 unspecified atom stereocenters. The average Bonchev–Trinajstić information content (AvgIpc) is 3.28. The fourth-order valence-corrected chi connectivity index (χ4v) is 3.38. The minimum Gasteiger partial charge on any atom is -0.440 e. The Morgan fingerprint density at radius 3 is 2.77 bits per heavy atom. The van der Waals surface area contributed by atoms with Crippen LogP contribution in [0.25, 0.3) is 11.1 Å². The standard InChI is InChI=1S/C19H23N5O2/c1-10(17-11(2)23-24(4)12(17)3)20-19(25)21-14-7-8-16-15(9-14)22-18(26-16)13-5-6-13/h7-10,13H,5-6H2,1-4H3,(H2,20,21,25). The number of aromatic nitrogens is 3. The maximum Gasteiger partial charge on any atom is 0.319 e. The van der Waals surface area contributed by atoms with Crippen LogP contribution in [-0.2, 0) is 7.05 Å². The summed E-state index contributed by atoms with van der Waals surface area (Å²) in [6, 6.07) is 5.12. The number of nitrogens with zero attached hydrogens (tertiary/aromatic N) is 3. The van der Waals surface area contributed by atoms with Crippen molar-refractivity contribution in [3.8, 4) is 0 Å². The summed E-state index contributed by atoms with van der Waals surface area (Å²) < 4.78 is 7.58. The van der Waals surface area contributed by atoms with Gasteiger partial charge in [-0.3, -0.25) is 4.68 Å². The molecule has 26 heavy (non-hydrogen) atoms. The van der Waals surface area contributed by atoms with Gasteiger partial charge in [-0.05, 0) is 51.8 Å². The zero-order valence-corrected chi connectivity index (χ0v) is 15.5. The Balaban J connectivity index is 1.46. The van der Waals surface area contributed by atoms with Gasteiger partial charge in [-0.15, -0.1) is 0 Å². The van der Waals surface area contributed by atoms with Gasteiger partial charge in [-0.2, -0.15) is 5.10 Å². The molecule has 1 aliphatic carbocycles. The third-order valence-corrected chi connectivity index (χ3v) is 4.93. The SMILES string of the molecule is Cc1nn(C)c(C)c1C(C)NC(=O)Nc1ccc2oc(C3CC3)nc2c1. The molecule has 1 atom stereocenters. The molecule has 0 spiro atoms. The van der Waals surface area contributed by atoms with E-state index in [9.17, 15) is 4.79 Å². The highest BCUT2D eigenvalue weighted by Crippen LogP contribution is 2.40.